The van der Waals surface area contributed by atoms with Gasteiger partial charge >= 0.3 is 6.09 Å². The number of halogens is 2. The zero-order valence-corrected chi connectivity index (χ0v) is 13.8. The number of hydrogen-bond donors (Lipinski definition) is 1. The van der Waals surface area contributed by atoms with Crippen molar-refractivity contribution in [2.75, 3.05) is 5.33 Å². The first-order chi connectivity index (χ1) is 8.31. The van der Waals surface area contributed by atoms with Gasteiger partial charge in [0.05, 0.1) is 6.04 Å². The maximum absolute atomic E-state index is 11.7. The van der Waals surface area contributed by atoms with Gasteiger partial charge in [-0.2, -0.15) is 0 Å². The molecular formula is C13H17Br2NO2. The minimum absolute atomic E-state index is 0.104. The molecule has 0 spiro atoms. The molecule has 0 aromatic heterocycles. The SMILES string of the molecule is CC(C)(C)OC(=O)N[C@H](CBr)c1ccc(Br)cc1. The molecule has 100 valence electrons. The molecule has 0 heterocycles. The number of alkyl halides is 1. The van der Waals surface area contributed by atoms with Crippen molar-refractivity contribution < 1.29 is 9.53 Å². The molecule has 1 N–H and O–H groups in total. The highest BCUT2D eigenvalue weighted by atomic mass is 79.9. The number of carbonyl (C=O) groups is 1. The van der Waals surface area contributed by atoms with E-state index in [0.29, 0.717) is 5.33 Å². The normalized spacial score (nSPS) is 12.9. The largest absolute Gasteiger partial charge is 0.444 e. The van der Waals surface area contributed by atoms with Gasteiger partial charge in [0.1, 0.15) is 5.60 Å². The van der Waals surface area contributed by atoms with E-state index < -0.39 is 11.7 Å². The number of carbonyl (C=O) groups excluding carboxylic acids is 1. The van der Waals surface area contributed by atoms with Gasteiger partial charge in [-0.1, -0.05) is 44.0 Å². The van der Waals surface area contributed by atoms with E-state index >= 15 is 0 Å². The third kappa shape index (κ3) is 5.40. The molecule has 0 bridgehead atoms. The highest BCUT2D eigenvalue weighted by Crippen LogP contribution is 2.19. The average molecular weight is 379 g/mol. The molecule has 0 saturated heterocycles. The predicted octanol–water partition coefficient (Wildman–Crippen LogP) is 4.41. The van der Waals surface area contributed by atoms with Crippen LogP contribution >= 0.6 is 31.9 Å². The number of alkyl carbamates (subject to hydrolysis) is 1. The van der Waals surface area contributed by atoms with Crippen molar-refractivity contribution in [2.24, 2.45) is 0 Å². The second-order valence-corrected chi connectivity index (χ2v) is 6.47. The molecule has 0 aliphatic heterocycles. The molecule has 0 unspecified atom stereocenters. The van der Waals surface area contributed by atoms with Gasteiger partial charge in [-0.25, -0.2) is 4.79 Å². The highest BCUT2D eigenvalue weighted by Gasteiger charge is 2.19. The Hall–Kier alpha value is -0.550. The number of benzene rings is 1. The lowest BCUT2D eigenvalue weighted by Crippen LogP contribution is -2.35. The van der Waals surface area contributed by atoms with E-state index in [9.17, 15) is 4.79 Å². The highest BCUT2D eigenvalue weighted by molar-refractivity contribution is 9.10. The summed E-state index contributed by atoms with van der Waals surface area (Å²) in [5.41, 5.74) is 0.543. The van der Waals surface area contributed by atoms with Crippen LogP contribution in [0.25, 0.3) is 0 Å². The summed E-state index contributed by atoms with van der Waals surface area (Å²) in [6, 6.07) is 7.72. The van der Waals surface area contributed by atoms with Gasteiger partial charge < -0.3 is 10.1 Å². The maximum atomic E-state index is 11.7. The van der Waals surface area contributed by atoms with Gasteiger partial charge in [-0.15, -0.1) is 0 Å². The monoisotopic (exact) mass is 377 g/mol. The molecule has 1 atom stereocenters. The van der Waals surface area contributed by atoms with Crippen molar-refractivity contribution in [3.05, 3.63) is 34.3 Å². The van der Waals surface area contributed by atoms with Crippen LogP contribution in [0.3, 0.4) is 0 Å². The summed E-state index contributed by atoms with van der Waals surface area (Å²) in [5, 5.41) is 3.47. The third-order valence-electron chi connectivity index (χ3n) is 2.12. The molecule has 1 amide bonds. The van der Waals surface area contributed by atoms with Crippen LogP contribution in [0.5, 0.6) is 0 Å². The lowest BCUT2D eigenvalue weighted by atomic mass is 10.1. The first-order valence-electron chi connectivity index (χ1n) is 5.63. The first-order valence-corrected chi connectivity index (χ1v) is 7.54. The van der Waals surface area contributed by atoms with Crippen LogP contribution in [-0.2, 0) is 4.74 Å². The number of nitrogens with one attached hydrogen (secondary N) is 1. The van der Waals surface area contributed by atoms with Crippen molar-refractivity contribution in [3.63, 3.8) is 0 Å². The molecule has 5 heteroatoms. The summed E-state index contributed by atoms with van der Waals surface area (Å²) >= 11 is 6.78. The van der Waals surface area contributed by atoms with Crippen molar-refractivity contribution in [1.29, 1.82) is 0 Å². The Balaban J connectivity index is 2.68. The quantitative estimate of drug-likeness (QED) is 0.791. The van der Waals surface area contributed by atoms with Crippen LogP contribution in [0.15, 0.2) is 28.7 Å². The van der Waals surface area contributed by atoms with Crippen LogP contribution in [0, 0.1) is 0 Å². The minimum Gasteiger partial charge on any atom is -0.444 e. The van der Waals surface area contributed by atoms with Crippen LogP contribution in [0.2, 0.25) is 0 Å². The molecule has 1 rings (SSSR count). The van der Waals surface area contributed by atoms with Gasteiger partial charge in [0, 0.05) is 9.80 Å². The Labute approximate surface area is 125 Å². The molecule has 0 radical (unpaired) electrons. The van der Waals surface area contributed by atoms with Gasteiger partial charge in [0.2, 0.25) is 0 Å². The second kappa shape index (κ2) is 6.57. The summed E-state index contributed by atoms with van der Waals surface area (Å²) in [6.45, 7) is 5.53. The molecule has 0 aliphatic rings. The van der Waals surface area contributed by atoms with Gasteiger partial charge in [0.25, 0.3) is 0 Å². The molecular weight excluding hydrogens is 362 g/mol. The van der Waals surface area contributed by atoms with E-state index in [0.717, 1.165) is 10.0 Å². The zero-order valence-electron chi connectivity index (χ0n) is 10.7. The van der Waals surface area contributed by atoms with Crippen LogP contribution in [-0.4, -0.2) is 17.0 Å². The first kappa shape index (κ1) is 15.5. The number of hydrogen-bond acceptors (Lipinski definition) is 2. The van der Waals surface area contributed by atoms with Crippen molar-refractivity contribution in [2.45, 2.75) is 32.4 Å². The van der Waals surface area contributed by atoms with E-state index in [1.807, 2.05) is 45.0 Å². The number of rotatable bonds is 3. The number of ether oxygens (including phenoxy) is 1. The molecule has 0 aliphatic carbocycles. The van der Waals surface area contributed by atoms with E-state index in [-0.39, 0.29) is 6.04 Å². The molecule has 0 saturated carbocycles. The standard InChI is InChI=1S/C13H17Br2NO2/c1-13(2,3)18-12(17)16-11(8-14)9-4-6-10(15)7-5-9/h4-7,11H,8H2,1-3H3,(H,16,17)/t11-/m1/s1. The Morgan fingerprint density at radius 1 is 1.33 bits per heavy atom. The summed E-state index contributed by atoms with van der Waals surface area (Å²) in [5.74, 6) is 0. The molecule has 3 nitrogen and oxygen atoms in total. The molecule has 0 fully saturated rings. The minimum atomic E-state index is -0.485. The lowest BCUT2D eigenvalue weighted by Gasteiger charge is -2.23. The smallest absolute Gasteiger partial charge is 0.408 e. The van der Waals surface area contributed by atoms with Crippen molar-refractivity contribution >= 4 is 38.0 Å². The van der Waals surface area contributed by atoms with Crippen LogP contribution in [0.4, 0.5) is 4.79 Å². The second-order valence-electron chi connectivity index (χ2n) is 4.90. The van der Waals surface area contributed by atoms with E-state index in [1.54, 1.807) is 0 Å². The molecule has 18 heavy (non-hydrogen) atoms. The molecule has 1 aromatic carbocycles. The van der Waals surface area contributed by atoms with E-state index in [4.69, 9.17) is 4.74 Å². The summed E-state index contributed by atoms with van der Waals surface area (Å²) in [7, 11) is 0. The Morgan fingerprint density at radius 3 is 2.33 bits per heavy atom. The topological polar surface area (TPSA) is 38.3 Å². The van der Waals surface area contributed by atoms with Crippen LogP contribution < -0.4 is 5.32 Å². The zero-order chi connectivity index (χ0) is 13.8. The van der Waals surface area contributed by atoms with Gasteiger partial charge in [-0.3, -0.25) is 0 Å². The molecule has 1 aromatic rings. The Morgan fingerprint density at radius 2 is 1.89 bits per heavy atom. The van der Waals surface area contributed by atoms with E-state index in [1.165, 1.54) is 0 Å². The summed E-state index contributed by atoms with van der Waals surface area (Å²) < 4.78 is 6.25. The maximum Gasteiger partial charge on any atom is 0.408 e. The summed E-state index contributed by atoms with van der Waals surface area (Å²) in [4.78, 5) is 11.7. The number of amides is 1. The third-order valence-corrected chi connectivity index (χ3v) is 3.29. The van der Waals surface area contributed by atoms with E-state index in [2.05, 4.69) is 37.2 Å². The Bertz CT molecular complexity index is 398. The lowest BCUT2D eigenvalue weighted by molar-refractivity contribution is 0.0509. The van der Waals surface area contributed by atoms with Crippen molar-refractivity contribution in [1.82, 2.24) is 5.32 Å². The van der Waals surface area contributed by atoms with Crippen molar-refractivity contribution in [3.8, 4) is 0 Å². The predicted molar refractivity (Wildman–Crippen MR) is 80.0 cm³/mol. The van der Waals surface area contributed by atoms with Gasteiger partial charge in [0.15, 0.2) is 0 Å². The van der Waals surface area contributed by atoms with Gasteiger partial charge in [-0.05, 0) is 38.5 Å². The fraction of sp³-hybridized carbons (Fsp3) is 0.462. The van der Waals surface area contributed by atoms with Crippen LogP contribution in [0.1, 0.15) is 32.4 Å². The Kier molecular flexibility index (Phi) is 5.66. The average Bonchev–Trinajstić information content (AvgIpc) is 2.25. The fourth-order valence-corrected chi connectivity index (χ4v) is 2.16. The summed E-state index contributed by atoms with van der Waals surface area (Å²) in [6.07, 6.45) is -0.408. The fourth-order valence-electron chi connectivity index (χ4n) is 1.36.